The standard InChI is InChI=1S/C18H27NO/c1-12-8-13(2)10-16(9-12)20-15-7-6-14-4-3-5-18(19)17(14)11-15/h6-7,11-13,16,18H,3-5,8-10,19H2,1-2H3/t12?,13?,16?,18-/m1/s1. The molecule has 2 heteroatoms. The van der Waals surface area contributed by atoms with Gasteiger partial charge in [0.05, 0.1) is 6.10 Å². The molecule has 110 valence electrons. The van der Waals surface area contributed by atoms with Crippen LogP contribution in [0.5, 0.6) is 5.75 Å². The van der Waals surface area contributed by atoms with Crippen LogP contribution >= 0.6 is 0 Å². The molecule has 3 rings (SSSR count). The van der Waals surface area contributed by atoms with Gasteiger partial charge in [0.15, 0.2) is 0 Å². The van der Waals surface area contributed by atoms with Gasteiger partial charge in [-0.15, -0.1) is 0 Å². The molecule has 2 nitrogen and oxygen atoms in total. The smallest absolute Gasteiger partial charge is 0.120 e. The Bertz CT molecular complexity index is 460. The van der Waals surface area contributed by atoms with Gasteiger partial charge in [-0.05, 0) is 73.6 Å². The van der Waals surface area contributed by atoms with E-state index in [9.17, 15) is 0 Å². The van der Waals surface area contributed by atoms with Gasteiger partial charge in [0.1, 0.15) is 5.75 Å². The monoisotopic (exact) mass is 273 g/mol. The number of benzene rings is 1. The number of ether oxygens (including phenoxy) is 1. The molecule has 1 fully saturated rings. The predicted octanol–water partition coefficient (Wildman–Crippen LogP) is 4.23. The van der Waals surface area contributed by atoms with Crippen molar-refractivity contribution in [2.24, 2.45) is 17.6 Å². The zero-order valence-corrected chi connectivity index (χ0v) is 12.8. The highest BCUT2D eigenvalue weighted by Gasteiger charge is 2.25. The first kappa shape index (κ1) is 13.9. The Labute approximate surface area is 122 Å². The Morgan fingerprint density at radius 1 is 1.10 bits per heavy atom. The lowest BCUT2D eigenvalue weighted by Crippen LogP contribution is -2.28. The van der Waals surface area contributed by atoms with E-state index < -0.39 is 0 Å². The van der Waals surface area contributed by atoms with Crippen molar-refractivity contribution in [3.63, 3.8) is 0 Å². The number of nitrogens with two attached hydrogens (primary N) is 1. The fourth-order valence-electron chi connectivity index (χ4n) is 4.05. The molecule has 0 radical (unpaired) electrons. The number of hydrogen-bond donors (Lipinski definition) is 1. The summed E-state index contributed by atoms with van der Waals surface area (Å²) in [6, 6.07) is 6.76. The van der Waals surface area contributed by atoms with Crippen molar-refractivity contribution in [1.29, 1.82) is 0 Å². The molecule has 0 saturated heterocycles. The summed E-state index contributed by atoms with van der Waals surface area (Å²) in [5.74, 6) is 2.58. The molecular formula is C18H27NO. The second kappa shape index (κ2) is 5.77. The Morgan fingerprint density at radius 3 is 2.60 bits per heavy atom. The van der Waals surface area contributed by atoms with E-state index in [0.717, 1.165) is 24.0 Å². The molecular weight excluding hydrogens is 246 g/mol. The largest absolute Gasteiger partial charge is 0.490 e. The fourth-order valence-corrected chi connectivity index (χ4v) is 4.05. The minimum atomic E-state index is 0.200. The molecule has 2 aliphatic rings. The summed E-state index contributed by atoms with van der Waals surface area (Å²) in [4.78, 5) is 0. The Balaban J connectivity index is 1.73. The third-order valence-electron chi connectivity index (χ3n) is 4.92. The molecule has 0 heterocycles. The van der Waals surface area contributed by atoms with Gasteiger partial charge in [-0.2, -0.15) is 0 Å². The Kier molecular flexibility index (Phi) is 4.02. The van der Waals surface area contributed by atoms with Crippen molar-refractivity contribution in [1.82, 2.24) is 0 Å². The SMILES string of the molecule is CC1CC(C)CC(Oc2ccc3c(c2)[C@H](N)CCC3)C1. The lowest BCUT2D eigenvalue weighted by Gasteiger charge is -2.32. The van der Waals surface area contributed by atoms with E-state index in [2.05, 4.69) is 32.0 Å². The lowest BCUT2D eigenvalue weighted by atomic mass is 9.81. The summed E-state index contributed by atoms with van der Waals surface area (Å²) in [7, 11) is 0. The molecule has 3 atom stereocenters. The van der Waals surface area contributed by atoms with Crippen LogP contribution in [-0.4, -0.2) is 6.10 Å². The lowest BCUT2D eigenvalue weighted by molar-refractivity contribution is 0.101. The van der Waals surface area contributed by atoms with Crippen molar-refractivity contribution in [2.45, 2.75) is 64.5 Å². The molecule has 2 N–H and O–H groups in total. The fraction of sp³-hybridized carbons (Fsp3) is 0.667. The maximum absolute atomic E-state index is 6.25. The molecule has 2 unspecified atom stereocenters. The highest BCUT2D eigenvalue weighted by atomic mass is 16.5. The number of rotatable bonds is 2. The third-order valence-corrected chi connectivity index (χ3v) is 4.92. The molecule has 2 aliphatic carbocycles. The second-order valence-electron chi connectivity index (χ2n) is 7.02. The van der Waals surface area contributed by atoms with Gasteiger partial charge in [-0.25, -0.2) is 0 Å². The zero-order valence-electron chi connectivity index (χ0n) is 12.8. The van der Waals surface area contributed by atoms with E-state index in [1.807, 2.05) is 0 Å². The van der Waals surface area contributed by atoms with Crippen molar-refractivity contribution in [2.75, 3.05) is 0 Å². The van der Waals surface area contributed by atoms with Gasteiger partial charge in [0, 0.05) is 6.04 Å². The summed E-state index contributed by atoms with van der Waals surface area (Å²) < 4.78 is 6.25. The summed E-state index contributed by atoms with van der Waals surface area (Å²) in [5, 5.41) is 0. The van der Waals surface area contributed by atoms with Crippen molar-refractivity contribution < 1.29 is 4.74 Å². The Hall–Kier alpha value is -1.02. The van der Waals surface area contributed by atoms with Gasteiger partial charge >= 0.3 is 0 Å². The molecule has 1 aromatic rings. The first-order valence-corrected chi connectivity index (χ1v) is 8.17. The highest BCUT2D eigenvalue weighted by Crippen LogP contribution is 2.34. The van der Waals surface area contributed by atoms with Gasteiger partial charge in [0.25, 0.3) is 0 Å². The first-order valence-electron chi connectivity index (χ1n) is 8.17. The quantitative estimate of drug-likeness (QED) is 0.875. The molecule has 1 saturated carbocycles. The maximum Gasteiger partial charge on any atom is 0.120 e. The highest BCUT2D eigenvalue weighted by molar-refractivity contribution is 5.39. The van der Waals surface area contributed by atoms with Crippen LogP contribution in [0, 0.1) is 11.8 Å². The van der Waals surface area contributed by atoms with Crippen LogP contribution in [-0.2, 0) is 6.42 Å². The molecule has 0 aliphatic heterocycles. The molecule has 0 spiro atoms. The van der Waals surface area contributed by atoms with Crippen molar-refractivity contribution in [3.05, 3.63) is 29.3 Å². The normalized spacial score (nSPS) is 33.5. The van der Waals surface area contributed by atoms with Gasteiger partial charge < -0.3 is 10.5 Å². The van der Waals surface area contributed by atoms with E-state index in [0.29, 0.717) is 6.10 Å². The molecule has 0 bridgehead atoms. The number of fused-ring (bicyclic) bond motifs is 1. The minimum absolute atomic E-state index is 0.200. The van der Waals surface area contributed by atoms with Gasteiger partial charge in [0.2, 0.25) is 0 Å². The van der Waals surface area contributed by atoms with Crippen LogP contribution in [0.4, 0.5) is 0 Å². The molecule has 0 amide bonds. The zero-order chi connectivity index (χ0) is 14.1. The summed E-state index contributed by atoms with van der Waals surface area (Å²) in [6.07, 6.45) is 7.59. The number of aryl methyl sites for hydroxylation is 1. The third kappa shape index (κ3) is 3.01. The minimum Gasteiger partial charge on any atom is -0.490 e. The van der Waals surface area contributed by atoms with Crippen molar-refractivity contribution in [3.8, 4) is 5.75 Å². The number of hydrogen-bond acceptors (Lipinski definition) is 2. The molecule has 20 heavy (non-hydrogen) atoms. The van der Waals surface area contributed by atoms with Gasteiger partial charge in [-0.1, -0.05) is 19.9 Å². The van der Waals surface area contributed by atoms with Crippen LogP contribution < -0.4 is 10.5 Å². The summed E-state index contributed by atoms with van der Waals surface area (Å²) >= 11 is 0. The van der Waals surface area contributed by atoms with E-state index in [-0.39, 0.29) is 6.04 Å². The summed E-state index contributed by atoms with van der Waals surface area (Å²) in [6.45, 7) is 4.68. The second-order valence-corrected chi connectivity index (χ2v) is 7.02. The van der Waals surface area contributed by atoms with Crippen LogP contribution in [0.15, 0.2) is 18.2 Å². The van der Waals surface area contributed by atoms with E-state index >= 15 is 0 Å². The summed E-state index contributed by atoms with van der Waals surface area (Å²) in [5.41, 5.74) is 8.97. The van der Waals surface area contributed by atoms with Crippen molar-refractivity contribution >= 4 is 0 Å². The topological polar surface area (TPSA) is 35.2 Å². The first-order chi connectivity index (χ1) is 9.61. The van der Waals surface area contributed by atoms with Crippen LogP contribution in [0.2, 0.25) is 0 Å². The van der Waals surface area contributed by atoms with Gasteiger partial charge in [-0.3, -0.25) is 0 Å². The predicted molar refractivity (Wildman–Crippen MR) is 82.9 cm³/mol. The van der Waals surface area contributed by atoms with Crippen LogP contribution in [0.1, 0.15) is 63.1 Å². The maximum atomic E-state index is 6.25. The van der Waals surface area contributed by atoms with E-state index in [4.69, 9.17) is 10.5 Å². The van der Waals surface area contributed by atoms with E-state index in [1.54, 1.807) is 0 Å². The van der Waals surface area contributed by atoms with Crippen LogP contribution in [0.3, 0.4) is 0 Å². The average molecular weight is 273 g/mol. The molecule has 0 aromatic heterocycles. The molecule has 1 aromatic carbocycles. The van der Waals surface area contributed by atoms with E-state index in [1.165, 1.54) is 43.2 Å². The Morgan fingerprint density at radius 2 is 1.85 bits per heavy atom. The van der Waals surface area contributed by atoms with Crippen LogP contribution in [0.25, 0.3) is 0 Å². The average Bonchev–Trinajstić information content (AvgIpc) is 2.38.